The third-order valence-electron chi connectivity index (χ3n) is 3.28. The van der Waals surface area contributed by atoms with Crippen molar-refractivity contribution in [3.63, 3.8) is 0 Å². The Morgan fingerprint density at radius 3 is 2.82 bits per heavy atom. The van der Waals surface area contributed by atoms with Crippen molar-refractivity contribution in [3.8, 4) is 0 Å². The van der Waals surface area contributed by atoms with Crippen molar-refractivity contribution >= 4 is 28.7 Å². The molecule has 0 unspecified atom stereocenters. The lowest BCUT2D eigenvalue weighted by atomic mass is 9.89. The average Bonchev–Trinajstić information content (AvgIpc) is 2.88. The van der Waals surface area contributed by atoms with E-state index in [1.807, 2.05) is 0 Å². The molecule has 4 heteroatoms. The Bertz CT molecular complexity index is 329. The van der Waals surface area contributed by atoms with Gasteiger partial charge in [-0.05, 0) is 42.4 Å². The molecule has 0 aromatic carbocycles. The van der Waals surface area contributed by atoms with Crippen LogP contribution in [0.1, 0.15) is 37.0 Å². The number of thiophene rings is 1. The van der Waals surface area contributed by atoms with E-state index in [2.05, 4.69) is 28.1 Å². The van der Waals surface area contributed by atoms with E-state index in [9.17, 15) is 0 Å². The van der Waals surface area contributed by atoms with Crippen LogP contribution >= 0.6 is 23.6 Å². The van der Waals surface area contributed by atoms with Gasteiger partial charge in [0, 0.05) is 11.4 Å². The first-order valence-electron chi connectivity index (χ1n) is 6.38. The van der Waals surface area contributed by atoms with Crippen LogP contribution in [0, 0.1) is 5.92 Å². The Labute approximate surface area is 113 Å². The molecule has 1 aromatic rings. The fraction of sp³-hybridized carbons (Fsp3) is 0.615. The van der Waals surface area contributed by atoms with Crippen LogP contribution in [0.15, 0.2) is 17.5 Å². The lowest BCUT2D eigenvalue weighted by molar-refractivity contribution is 0.356. The molecule has 0 aliphatic heterocycles. The Kier molecular flexibility index (Phi) is 5.26. The second-order valence-electron chi connectivity index (χ2n) is 4.65. The zero-order valence-electron chi connectivity index (χ0n) is 10.1. The highest BCUT2D eigenvalue weighted by Gasteiger charge is 2.13. The first-order valence-corrected chi connectivity index (χ1v) is 7.67. The van der Waals surface area contributed by atoms with Crippen molar-refractivity contribution < 1.29 is 0 Å². The molecule has 1 fully saturated rings. The molecule has 0 spiro atoms. The highest BCUT2D eigenvalue weighted by molar-refractivity contribution is 7.80. The van der Waals surface area contributed by atoms with E-state index in [-0.39, 0.29) is 0 Å². The highest BCUT2D eigenvalue weighted by atomic mass is 32.1. The molecule has 0 amide bonds. The summed E-state index contributed by atoms with van der Waals surface area (Å²) in [5, 5.41) is 9.48. The molecule has 0 bridgehead atoms. The van der Waals surface area contributed by atoms with Crippen LogP contribution in [0.3, 0.4) is 0 Å². The van der Waals surface area contributed by atoms with Crippen molar-refractivity contribution in [2.45, 2.75) is 38.6 Å². The Morgan fingerprint density at radius 2 is 2.12 bits per heavy atom. The molecule has 1 aliphatic carbocycles. The second kappa shape index (κ2) is 6.97. The Balaban J connectivity index is 1.60. The zero-order valence-corrected chi connectivity index (χ0v) is 11.7. The van der Waals surface area contributed by atoms with Crippen molar-refractivity contribution in [2.24, 2.45) is 5.92 Å². The van der Waals surface area contributed by atoms with Gasteiger partial charge in [0.1, 0.15) is 0 Å². The van der Waals surface area contributed by atoms with Crippen molar-refractivity contribution in [1.29, 1.82) is 0 Å². The van der Waals surface area contributed by atoms with E-state index in [4.69, 9.17) is 12.2 Å². The van der Waals surface area contributed by atoms with Crippen molar-refractivity contribution in [3.05, 3.63) is 22.4 Å². The molecule has 0 atom stereocenters. The number of thiocarbonyl (C=S) groups is 1. The van der Waals surface area contributed by atoms with Gasteiger partial charge in [0.15, 0.2) is 5.11 Å². The topological polar surface area (TPSA) is 24.1 Å². The van der Waals surface area contributed by atoms with Gasteiger partial charge >= 0.3 is 0 Å². The summed E-state index contributed by atoms with van der Waals surface area (Å²) in [6.45, 7) is 1.88. The summed E-state index contributed by atoms with van der Waals surface area (Å²) in [5.74, 6) is 0.824. The van der Waals surface area contributed by atoms with Gasteiger partial charge in [-0.25, -0.2) is 0 Å². The third kappa shape index (κ3) is 4.64. The smallest absolute Gasteiger partial charge is 0.166 e. The molecule has 94 valence electrons. The van der Waals surface area contributed by atoms with Crippen molar-refractivity contribution in [2.75, 3.05) is 6.54 Å². The Morgan fingerprint density at radius 1 is 1.29 bits per heavy atom. The van der Waals surface area contributed by atoms with E-state index in [1.54, 1.807) is 11.3 Å². The standard InChI is InChI=1S/C13H20N2S2/c16-13(15-10-12-7-4-8-17-12)14-9-11-5-2-1-3-6-11/h4,7-8,11H,1-3,5-6,9-10H2,(H2,14,15,16). The second-order valence-corrected chi connectivity index (χ2v) is 6.09. The number of nitrogens with one attached hydrogen (secondary N) is 2. The normalized spacial score (nSPS) is 16.7. The fourth-order valence-corrected chi connectivity index (χ4v) is 3.07. The summed E-state index contributed by atoms with van der Waals surface area (Å²) in [7, 11) is 0. The summed E-state index contributed by atoms with van der Waals surface area (Å²) < 4.78 is 0. The van der Waals surface area contributed by atoms with Gasteiger partial charge in [0.2, 0.25) is 0 Å². The monoisotopic (exact) mass is 268 g/mol. The SMILES string of the molecule is S=C(NCc1cccs1)NCC1CCCCC1. The van der Waals surface area contributed by atoms with Gasteiger partial charge < -0.3 is 10.6 Å². The minimum Gasteiger partial charge on any atom is -0.362 e. The molecule has 2 N–H and O–H groups in total. The minimum absolute atomic E-state index is 0.795. The summed E-state index contributed by atoms with van der Waals surface area (Å²) in [6.07, 6.45) is 6.92. The molecular formula is C13H20N2S2. The van der Waals surface area contributed by atoms with Crippen LogP contribution in [0.25, 0.3) is 0 Å². The predicted octanol–water partition coefficient (Wildman–Crippen LogP) is 3.29. The van der Waals surface area contributed by atoms with Crippen molar-refractivity contribution in [1.82, 2.24) is 10.6 Å². The van der Waals surface area contributed by atoms with Gasteiger partial charge in [0.25, 0.3) is 0 Å². The summed E-state index contributed by atoms with van der Waals surface area (Å²) >= 11 is 7.04. The summed E-state index contributed by atoms with van der Waals surface area (Å²) in [5.41, 5.74) is 0. The minimum atomic E-state index is 0.795. The average molecular weight is 268 g/mol. The van der Waals surface area contributed by atoms with Gasteiger partial charge in [-0.3, -0.25) is 0 Å². The maximum Gasteiger partial charge on any atom is 0.166 e. The lowest BCUT2D eigenvalue weighted by Gasteiger charge is -2.22. The van der Waals surface area contributed by atoms with Crippen LogP contribution in [-0.4, -0.2) is 11.7 Å². The summed E-state index contributed by atoms with van der Waals surface area (Å²) in [4.78, 5) is 1.33. The first-order chi connectivity index (χ1) is 8.34. The number of hydrogen-bond donors (Lipinski definition) is 2. The quantitative estimate of drug-likeness (QED) is 0.819. The molecular weight excluding hydrogens is 248 g/mol. The van der Waals surface area contributed by atoms with Crippen LogP contribution < -0.4 is 10.6 Å². The van der Waals surface area contributed by atoms with Gasteiger partial charge in [-0.2, -0.15) is 0 Å². The predicted molar refractivity (Wildman–Crippen MR) is 78.3 cm³/mol. The fourth-order valence-electron chi connectivity index (χ4n) is 2.27. The summed E-state index contributed by atoms with van der Waals surface area (Å²) in [6, 6.07) is 4.20. The number of rotatable bonds is 4. The van der Waals surface area contributed by atoms with E-state index in [0.29, 0.717) is 0 Å². The molecule has 1 aromatic heterocycles. The van der Waals surface area contributed by atoms with E-state index < -0.39 is 0 Å². The maximum absolute atomic E-state index is 5.28. The number of hydrogen-bond acceptors (Lipinski definition) is 2. The zero-order chi connectivity index (χ0) is 11.9. The van der Waals surface area contributed by atoms with Crippen LogP contribution in [0.2, 0.25) is 0 Å². The molecule has 1 aliphatic rings. The molecule has 17 heavy (non-hydrogen) atoms. The molecule has 1 heterocycles. The molecule has 2 rings (SSSR count). The third-order valence-corrected chi connectivity index (χ3v) is 4.44. The largest absolute Gasteiger partial charge is 0.362 e. The molecule has 1 saturated carbocycles. The van der Waals surface area contributed by atoms with Crippen LogP contribution in [0.5, 0.6) is 0 Å². The maximum atomic E-state index is 5.28. The van der Waals surface area contributed by atoms with E-state index >= 15 is 0 Å². The van der Waals surface area contributed by atoms with E-state index in [0.717, 1.165) is 24.1 Å². The first kappa shape index (κ1) is 12.8. The van der Waals surface area contributed by atoms with Gasteiger partial charge in [-0.15, -0.1) is 11.3 Å². The van der Waals surface area contributed by atoms with Gasteiger partial charge in [-0.1, -0.05) is 25.3 Å². The molecule has 0 radical (unpaired) electrons. The molecule has 2 nitrogen and oxygen atoms in total. The van der Waals surface area contributed by atoms with Gasteiger partial charge in [0.05, 0.1) is 6.54 Å². The van der Waals surface area contributed by atoms with Crippen LogP contribution in [-0.2, 0) is 6.54 Å². The lowest BCUT2D eigenvalue weighted by Crippen LogP contribution is -2.37. The highest BCUT2D eigenvalue weighted by Crippen LogP contribution is 2.22. The van der Waals surface area contributed by atoms with E-state index in [1.165, 1.54) is 37.0 Å². The molecule has 0 saturated heterocycles. The Hall–Kier alpha value is -0.610. The van der Waals surface area contributed by atoms with Crippen LogP contribution in [0.4, 0.5) is 0 Å².